The van der Waals surface area contributed by atoms with E-state index >= 15 is 0 Å². The third kappa shape index (κ3) is 5.25. The molecule has 210 valence electrons. The summed E-state index contributed by atoms with van der Waals surface area (Å²) in [6, 6.07) is 21.9. The summed E-state index contributed by atoms with van der Waals surface area (Å²) in [5.74, 6) is -0.760. The third-order valence-corrected chi connectivity index (χ3v) is 6.93. The fourth-order valence-electron chi connectivity index (χ4n) is 5.17. The number of oxime groups is 1. The van der Waals surface area contributed by atoms with Crippen LogP contribution in [0.1, 0.15) is 32.6 Å². The predicted octanol–water partition coefficient (Wildman–Crippen LogP) is 5.20. The Hall–Kier alpha value is -5.98. The lowest BCUT2D eigenvalue weighted by atomic mass is 9.95. The van der Waals surface area contributed by atoms with Crippen molar-refractivity contribution in [3.8, 4) is 11.1 Å². The number of amides is 1. The van der Waals surface area contributed by atoms with Crippen LogP contribution in [0, 0.1) is 30.3 Å². The van der Waals surface area contributed by atoms with Gasteiger partial charge in [0.25, 0.3) is 23.0 Å². The van der Waals surface area contributed by atoms with Crippen molar-refractivity contribution in [3.63, 3.8) is 0 Å². The van der Waals surface area contributed by atoms with E-state index in [0.29, 0.717) is 12.8 Å². The zero-order chi connectivity index (χ0) is 30.0. The van der Waals surface area contributed by atoms with E-state index in [2.05, 4.69) is 10.5 Å². The van der Waals surface area contributed by atoms with Crippen molar-refractivity contribution in [1.82, 2.24) is 5.32 Å². The number of nitro groups is 3. The number of nitrogens with one attached hydrogen (secondary N) is 1. The molecule has 0 radical (unpaired) electrons. The zero-order valence-corrected chi connectivity index (χ0v) is 21.7. The average Bonchev–Trinajstić information content (AvgIpc) is 3.30. The minimum atomic E-state index is -0.855. The smallest absolute Gasteiger partial charge is 0.284 e. The van der Waals surface area contributed by atoms with Crippen LogP contribution in [0.5, 0.6) is 0 Å². The van der Waals surface area contributed by atoms with Gasteiger partial charge in [-0.05, 0) is 24.0 Å². The van der Waals surface area contributed by atoms with E-state index in [4.69, 9.17) is 0 Å². The second kappa shape index (κ2) is 11.3. The van der Waals surface area contributed by atoms with Crippen molar-refractivity contribution >= 4 is 28.7 Å². The summed E-state index contributed by atoms with van der Waals surface area (Å²) < 4.78 is 0. The molecule has 5 rings (SSSR count). The van der Waals surface area contributed by atoms with Gasteiger partial charge in [0.2, 0.25) is 0 Å². The number of carbonyl (C=O) groups is 1. The third-order valence-electron chi connectivity index (χ3n) is 6.93. The molecule has 0 heterocycles. The highest BCUT2D eigenvalue weighted by Gasteiger charge is 2.39. The Morgan fingerprint density at radius 1 is 0.738 bits per heavy atom. The van der Waals surface area contributed by atoms with Crippen LogP contribution < -0.4 is 5.32 Å². The van der Waals surface area contributed by atoms with Gasteiger partial charge in [-0.3, -0.25) is 35.1 Å². The Balaban J connectivity index is 1.66. The van der Waals surface area contributed by atoms with Crippen LogP contribution in [-0.2, 0) is 12.8 Å². The van der Waals surface area contributed by atoms with Gasteiger partial charge in [-0.15, -0.1) is 0 Å². The molecule has 42 heavy (non-hydrogen) atoms. The van der Waals surface area contributed by atoms with Crippen LogP contribution in [0.3, 0.4) is 0 Å². The summed E-state index contributed by atoms with van der Waals surface area (Å²) in [6.07, 6.45) is 0.815. The zero-order valence-electron chi connectivity index (χ0n) is 21.7. The predicted molar refractivity (Wildman–Crippen MR) is 151 cm³/mol. The van der Waals surface area contributed by atoms with E-state index in [1.807, 2.05) is 60.7 Å². The van der Waals surface area contributed by atoms with Gasteiger partial charge in [0.15, 0.2) is 0 Å². The van der Waals surface area contributed by atoms with E-state index in [0.717, 1.165) is 35.4 Å². The molecule has 0 atom stereocenters. The minimum absolute atomic E-state index is 0.0966. The number of hydrogen-bond acceptors (Lipinski definition) is 9. The fourth-order valence-corrected chi connectivity index (χ4v) is 5.17. The Bertz CT molecular complexity index is 1730. The van der Waals surface area contributed by atoms with E-state index in [9.17, 15) is 40.3 Å². The molecule has 13 nitrogen and oxygen atoms in total. The van der Waals surface area contributed by atoms with E-state index in [1.54, 1.807) is 0 Å². The highest BCUT2D eigenvalue weighted by Crippen LogP contribution is 2.47. The Kier molecular flexibility index (Phi) is 7.39. The molecule has 0 saturated carbocycles. The number of nitrogens with zero attached hydrogens (tertiary/aromatic N) is 4. The number of nitro benzene ring substituents is 3. The van der Waals surface area contributed by atoms with Crippen molar-refractivity contribution < 1.29 is 24.8 Å². The molecule has 0 unspecified atom stereocenters. The maximum absolute atomic E-state index is 13.9. The van der Waals surface area contributed by atoms with E-state index < -0.39 is 43.8 Å². The molecule has 1 amide bonds. The molecular weight excluding hydrogens is 546 g/mol. The summed E-state index contributed by atoms with van der Waals surface area (Å²) in [6.45, 7) is 0. The molecule has 4 aromatic carbocycles. The van der Waals surface area contributed by atoms with Crippen molar-refractivity contribution in [2.24, 2.45) is 5.16 Å². The fraction of sp³-hybridized carbons (Fsp3) is 0.103. The first kappa shape index (κ1) is 27.6. The molecule has 4 aromatic rings. The minimum Gasteiger partial charge on any atom is -0.410 e. The Morgan fingerprint density at radius 2 is 1.24 bits per heavy atom. The Labute approximate surface area is 237 Å². The number of fused-ring (bicyclic) bond motifs is 3. The van der Waals surface area contributed by atoms with Crippen molar-refractivity contribution in [2.45, 2.75) is 18.9 Å². The van der Waals surface area contributed by atoms with Gasteiger partial charge in [-0.1, -0.05) is 65.8 Å². The van der Waals surface area contributed by atoms with Crippen LogP contribution in [0.25, 0.3) is 11.1 Å². The maximum atomic E-state index is 13.9. The van der Waals surface area contributed by atoms with Crippen molar-refractivity contribution in [1.29, 1.82) is 0 Å². The topological polar surface area (TPSA) is 191 Å². The lowest BCUT2D eigenvalue weighted by molar-refractivity contribution is -0.393. The first-order valence-electron chi connectivity index (χ1n) is 12.6. The van der Waals surface area contributed by atoms with Gasteiger partial charge in [0.05, 0.1) is 32.0 Å². The van der Waals surface area contributed by atoms with Gasteiger partial charge in [-0.2, -0.15) is 0 Å². The molecule has 1 aliphatic carbocycles. The largest absolute Gasteiger partial charge is 0.410 e. The van der Waals surface area contributed by atoms with Gasteiger partial charge < -0.3 is 10.5 Å². The van der Waals surface area contributed by atoms with Crippen LogP contribution >= 0.6 is 0 Å². The first-order chi connectivity index (χ1) is 20.2. The van der Waals surface area contributed by atoms with Gasteiger partial charge in [0.1, 0.15) is 5.71 Å². The maximum Gasteiger partial charge on any atom is 0.284 e. The molecule has 13 heteroatoms. The number of non-ortho nitro benzene ring substituents is 2. The van der Waals surface area contributed by atoms with Crippen molar-refractivity contribution in [2.75, 3.05) is 0 Å². The lowest BCUT2D eigenvalue weighted by Crippen LogP contribution is -2.38. The van der Waals surface area contributed by atoms with E-state index in [1.165, 1.54) is 0 Å². The van der Waals surface area contributed by atoms with Crippen molar-refractivity contribution in [3.05, 3.63) is 143 Å². The summed E-state index contributed by atoms with van der Waals surface area (Å²) in [4.78, 5) is 46.9. The molecule has 0 aromatic heterocycles. The first-order valence-corrected chi connectivity index (χ1v) is 12.6. The number of hydrogen-bond donors (Lipinski definition) is 2. The second-order valence-corrected chi connectivity index (χ2v) is 9.57. The molecule has 0 bridgehead atoms. The van der Waals surface area contributed by atoms with Crippen LogP contribution in [-0.4, -0.2) is 37.6 Å². The molecule has 0 aliphatic heterocycles. The normalized spacial score (nSPS) is 12.5. The molecule has 0 spiro atoms. The highest BCUT2D eigenvalue weighted by atomic mass is 16.6. The summed E-state index contributed by atoms with van der Waals surface area (Å²) in [5.41, 5.74) is -1.35. The van der Waals surface area contributed by atoms with E-state index in [-0.39, 0.29) is 33.5 Å². The molecular formula is C29H21N5O8. The van der Waals surface area contributed by atoms with Crippen LogP contribution in [0.15, 0.2) is 90.1 Å². The summed E-state index contributed by atoms with van der Waals surface area (Å²) in [5, 5.41) is 51.3. The van der Waals surface area contributed by atoms with Crippen LogP contribution in [0.2, 0.25) is 0 Å². The average molecular weight is 568 g/mol. The SMILES string of the molecule is O=C(NC(Cc1ccccc1)Cc1ccccc1)c1cc([N+](=O)[O-])cc2c1-c1c(cc([N+](=O)[O-])cc1[N+](=O)[O-])C2=NO. The Morgan fingerprint density at radius 3 is 1.71 bits per heavy atom. The highest BCUT2D eigenvalue weighted by molar-refractivity contribution is 6.28. The quantitative estimate of drug-likeness (QED) is 0.138. The monoisotopic (exact) mass is 567 g/mol. The number of rotatable bonds is 9. The van der Waals surface area contributed by atoms with Crippen LogP contribution in [0.4, 0.5) is 17.1 Å². The second-order valence-electron chi connectivity index (χ2n) is 9.57. The molecule has 0 fully saturated rings. The standard InChI is InChI=1S/C29H21N5O8/c35-29(30-19(11-17-7-3-1-4-8-17)12-18-9-5-2-6-10-18)24-15-20(32(37)38)13-22-26(24)27-23(28(22)31-36)14-21(33(39)40)16-25(27)34(41)42/h1-10,13-16,19,36H,11-12H2,(H,30,35). The molecule has 1 aliphatic rings. The summed E-state index contributed by atoms with van der Waals surface area (Å²) >= 11 is 0. The van der Waals surface area contributed by atoms with Gasteiger partial charge in [0, 0.05) is 40.9 Å². The van der Waals surface area contributed by atoms with Gasteiger partial charge in [-0.25, -0.2) is 0 Å². The number of carbonyl (C=O) groups excluding carboxylic acids is 1. The lowest BCUT2D eigenvalue weighted by Gasteiger charge is -2.20. The summed E-state index contributed by atoms with van der Waals surface area (Å²) in [7, 11) is 0. The molecule has 0 saturated heterocycles. The molecule has 2 N–H and O–H groups in total. The van der Waals surface area contributed by atoms with Gasteiger partial charge >= 0.3 is 0 Å². The number of benzene rings is 4.